The molecule has 0 saturated carbocycles. The Balaban J connectivity index is 2.00. The lowest BCUT2D eigenvalue weighted by Crippen LogP contribution is -2.24. The number of nitrogens with zero attached hydrogens (tertiary/aromatic N) is 3. The van der Waals surface area contributed by atoms with E-state index in [0.717, 1.165) is 18.7 Å². The highest BCUT2D eigenvalue weighted by Gasteiger charge is 2.29. The third-order valence-electron chi connectivity index (χ3n) is 3.06. The van der Waals surface area contributed by atoms with E-state index in [2.05, 4.69) is 10.1 Å². The van der Waals surface area contributed by atoms with E-state index in [-0.39, 0.29) is 24.0 Å². The Bertz CT molecular complexity index is 400. The van der Waals surface area contributed by atoms with Crippen molar-refractivity contribution >= 4 is 5.78 Å². The molecule has 1 aliphatic rings. The minimum atomic E-state index is -0.248. The lowest BCUT2D eigenvalue weighted by atomic mass is 10.1. The fraction of sp³-hybridized carbons (Fsp3) is 0.750. The molecule has 1 fully saturated rings. The van der Waals surface area contributed by atoms with Crippen molar-refractivity contribution in [1.82, 2.24) is 14.8 Å². The summed E-state index contributed by atoms with van der Waals surface area (Å²) in [4.78, 5) is 16.2. The van der Waals surface area contributed by atoms with Crippen molar-refractivity contribution in [3.63, 3.8) is 0 Å². The SMILES string of the molecule is CC1CCC(C(=O)Cc2ncnn2C(C)C)O1. The Morgan fingerprint density at radius 3 is 2.94 bits per heavy atom. The monoisotopic (exact) mass is 237 g/mol. The molecular formula is C12H19N3O2. The molecule has 1 aromatic heterocycles. The van der Waals surface area contributed by atoms with Gasteiger partial charge in [0.1, 0.15) is 18.3 Å². The first-order valence-electron chi connectivity index (χ1n) is 6.14. The Hall–Kier alpha value is -1.23. The van der Waals surface area contributed by atoms with Crippen molar-refractivity contribution in [1.29, 1.82) is 0 Å². The van der Waals surface area contributed by atoms with Gasteiger partial charge in [-0.1, -0.05) is 0 Å². The van der Waals surface area contributed by atoms with Crippen molar-refractivity contribution in [2.45, 2.75) is 58.3 Å². The second-order valence-corrected chi connectivity index (χ2v) is 4.87. The zero-order valence-electron chi connectivity index (χ0n) is 10.6. The van der Waals surface area contributed by atoms with Crippen molar-refractivity contribution in [2.75, 3.05) is 0 Å². The van der Waals surface area contributed by atoms with E-state index in [4.69, 9.17) is 4.74 Å². The molecule has 0 bridgehead atoms. The number of rotatable bonds is 4. The van der Waals surface area contributed by atoms with Crippen LogP contribution in [0.2, 0.25) is 0 Å². The van der Waals surface area contributed by atoms with Gasteiger partial charge >= 0.3 is 0 Å². The van der Waals surface area contributed by atoms with Gasteiger partial charge in [0.2, 0.25) is 0 Å². The predicted octanol–water partition coefficient (Wildman–Crippen LogP) is 1.54. The fourth-order valence-electron chi connectivity index (χ4n) is 2.14. The minimum Gasteiger partial charge on any atom is -0.367 e. The average Bonchev–Trinajstić information content (AvgIpc) is 2.86. The largest absolute Gasteiger partial charge is 0.367 e. The second kappa shape index (κ2) is 4.96. The summed E-state index contributed by atoms with van der Waals surface area (Å²) >= 11 is 0. The third kappa shape index (κ3) is 2.72. The number of hydrogen-bond acceptors (Lipinski definition) is 4. The molecule has 2 heterocycles. The molecule has 17 heavy (non-hydrogen) atoms. The van der Waals surface area contributed by atoms with Gasteiger partial charge in [0, 0.05) is 6.04 Å². The molecule has 0 aromatic carbocycles. The summed E-state index contributed by atoms with van der Waals surface area (Å²) in [6.07, 6.45) is 3.56. The topological polar surface area (TPSA) is 57.0 Å². The lowest BCUT2D eigenvalue weighted by molar-refractivity contribution is -0.128. The van der Waals surface area contributed by atoms with E-state index in [9.17, 15) is 4.79 Å². The summed E-state index contributed by atoms with van der Waals surface area (Å²) in [7, 11) is 0. The van der Waals surface area contributed by atoms with Crippen molar-refractivity contribution in [3.05, 3.63) is 12.2 Å². The summed E-state index contributed by atoms with van der Waals surface area (Å²) in [5.41, 5.74) is 0. The first-order chi connectivity index (χ1) is 8.08. The number of ether oxygens (including phenoxy) is 1. The number of carbonyl (C=O) groups is 1. The standard InChI is InChI=1S/C12H19N3O2/c1-8(2)15-12(13-7-14-15)6-10(16)11-5-4-9(3)17-11/h7-9,11H,4-6H2,1-3H3. The van der Waals surface area contributed by atoms with Crippen LogP contribution in [0, 0.1) is 0 Å². The fourth-order valence-corrected chi connectivity index (χ4v) is 2.14. The maximum atomic E-state index is 12.0. The maximum absolute atomic E-state index is 12.0. The molecular weight excluding hydrogens is 218 g/mol. The zero-order chi connectivity index (χ0) is 12.4. The van der Waals surface area contributed by atoms with Crippen LogP contribution in [-0.4, -0.2) is 32.8 Å². The van der Waals surface area contributed by atoms with E-state index in [1.165, 1.54) is 6.33 Å². The van der Waals surface area contributed by atoms with Gasteiger partial charge < -0.3 is 4.74 Å². The van der Waals surface area contributed by atoms with Crippen LogP contribution in [0.15, 0.2) is 6.33 Å². The average molecular weight is 237 g/mol. The van der Waals surface area contributed by atoms with E-state index in [1.807, 2.05) is 20.8 Å². The van der Waals surface area contributed by atoms with Crippen molar-refractivity contribution in [2.24, 2.45) is 0 Å². The molecule has 2 unspecified atom stereocenters. The van der Waals surface area contributed by atoms with Crippen LogP contribution in [0.25, 0.3) is 0 Å². The summed E-state index contributed by atoms with van der Waals surface area (Å²) in [6.45, 7) is 6.05. The third-order valence-corrected chi connectivity index (χ3v) is 3.06. The van der Waals surface area contributed by atoms with Gasteiger partial charge in [0.05, 0.1) is 12.5 Å². The van der Waals surface area contributed by atoms with Gasteiger partial charge in [-0.05, 0) is 33.6 Å². The quantitative estimate of drug-likeness (QED) is 0.797. The van der Waals surface area contributed by atoms with Gasteiger partial charge in [-0.2, -0.15) is 5.10 Å². The Labute approximate surface area is 101 Å². The van der Waals surface area contributed by atoms with Crippen LogP contribution in [-0.2, 0) is 16.0 Å². The van der Waals surface area contributed by atoms with Crippen LogP contribution in [0.5, 0.6) is 0 Å². The molecule has 94 valence electrons. The summed E-state index contributed by atoms with van der Waals surface area (Å²) in [6, 6.07) is 0.226. The zero-order valence-corrected chi connectivity index (χ0v) is 10.6. The van der Waals surface area contributed by atoms with Crippen molar-refractivity contribution in [3.8, 4) is 0 Å². The molecule has 0 spiro atoms. The molecule has 1 aliphatic heterocycles. The van der Waals surface area contributed by atoms with Crippen LogP contribution < -0.4 is 0 Å². The minimum absolute atomic E-state index is 0.115. The lowest BCUT2D eigenvalue weighted by Gasteiger charge is -2.12. The van der Waals surface area contributed by atoms with E-state index >= 15 is 0 Å². The highest BCUT2D eigenvalue weighted by molar-refractivity contribution is 5.84. The van der Waals surface area contributed by atoms with Crippen LogP contribution in [0.4, 0.5) is 0 Å². The Kier molecular flexibility index (Phi) is 3.57. The van der Waals surface area contributed by atoms with Gasteiger partial charge in [-0.25, -0.2) is 9.67 Å². The van der Waals surface area contributed by atoms with E-state index in [1.54, 1.807) is 4.68 Å². The van der Waals surface area contributed by atoms with E-state index < -0.39 is 0 Å². The summed E-state index contributed by atoms with van der Waals surface area (Å²) in [5, 5.41) is 4.12. The predicted molar refractivity (Wildman–Crippen MR) is 62.7 cm³/mol. The first-order valence-corrected chi connectivity index (χ1v) is 6.14. The maximum Gasteiger partial charge on any atom is 0.169 e. The molecule has 5 nitrogen and oxygen atoms in total. The van der Waals surface area contributed by atoms with Gasteiger partial charge in [0.25, 0.3) is 0 Å². The smallest absolute Gasteiger partial charge is 0.169 e. The molecule has 0 amide bonds. The second-order valence-electron chi connectivity index (χ2n) is 4.87. The number of carbonyl (C=O) groups excluding carboxylic acids is 1. The van der Waals surface area contributed by atoms with Crippen LogP contribution in [0.1, 0.15) is 45.5 Å². The molecule has 0 aliphatic carbocycles. The van der Waals surface area contributed by atoms with Gasteiger partial charge in [0.15, 0.2) is 5.78 Å². The molecule has 1 saturated heterocycles. The molecule has 2 rings (SSSR count). The molecule has 0 radical (unpaired) electrons. The molecule has 1 aromatic rings. The summed E-state index contributed by atoms with van der Waals surface area (Å²) in [5.74, 6) is 0.845. The van der Waals surface area contributed by atoms with E-state index in [0.29, 0.717) is 6.42 Å². The Morgan fingerprint density at radius 2 is 2.35 bits per heavy atom. The number of hydrogen-bond donors (Lipinski definition) is 0. The number of Topliss-reactive ketones (excluding diaryl/α,β-unsaturated/α-hetero) is 1. The molecule has 2 atom stereocenters. The summed E-state index contributed by atoms with van der Waals surface area (Å²) < 4.78 is 7.35. The number of ketones is 1. The first kappa shape index (κ1) is 12.2. The van der Waals surface area contributed by atoms with Crippen molar-refractivity contribution < 1.29 is 9.53 Å². The number of aromatic nitrogens is 3. The van der Waals surface area contributed by atoms with Gasteiger partial charge in [-0.3, -0.25) is 4.79 Å². The normalized spacial score (nSPS) is 24.5. The van der Waals surface area contributed by atoms with Crippen LogP contribution >= 0.6 is 0 Å². The molecule has 5 heteroatoms. The highest BCUT2D eigenvalue weighted by atomic mass is 16.5. The van der Waals surface area contributed by atoms with Crippen LogP contribution in [0.3, 0.4) is 0 Å². The highest BCUT2D eigenvalue weighted by Crippen LogP contribution is 2.21. The molecule has 0 N–H and O–H groups in total. The van der Waals surface area contributed by atoms with Gasteiger partial charge in [-0.15, -0.1) is 0 Å². The Morgan fingerprint density at radius 1 is 1.59 bits per heavy atom.